The maximum absolute atomic E-state index is 5.41. The van der Waals surface area contributed by atoms with Crippen LogP contribution in [0, 0.1) is 0 Å². The molecule has 1 aliphatic carbocycles. The van der Waals surface area contributed by atoms with E-state index in [9.17, 15) is 0 Å². The molecule has 0 N–H and O–H groups in total. The van der Waals surface area contributed by atoms with Crippen molar-refractivity contribution in [3.8, 4) is 34.2 Å². The Morgan fingerprint density at radius 3 is 1.89 bits per heavy atom. The Kier molecular flexibility index (Phi) is 7.84. The normalized spacial score (nSPS) is 13.0. The second-order valence-corrected chi connectivity index (χ2v) is 14.9. The Labute approximate surface area is 324 Å². The van der Waals surface area contributed by atoms with Gasteiger partial charge in [0, 0.05) is 38.4 Å². The molecule has 0 saturated carbocycles. The molecule has 256 valence electrons. The van der Waals surface area contributed by atoms with Gasteiger partial charge in [0.15, 0.2) is 11.6 Å². The van der Waals surface area contributed by atoms with Gasteiger partial charge in [-0.3, -0.25) is 4.57 Å². The average molecular weight is 701 g/mol. The van der Waals surface area contributed by atoms with E-state index in [-0.39, 0.29) is 0 Å². The highest BCUT2D eigenvalue weighted by Crippen LogP contribution is 2.42. The van der Waals surface area contributed by atoms with E-state index in [4.69, 9.17) is 15.0 Å². The number of nitrogens with zero attached hydrogens (tertiary/aromatic N) is 5. The average Bonchev–Trinajstić information content (AvgIpc) is 3.76. The summed E-state index contributed by atoms with van der Waals surface area (Å²) in [7, 11) is 11.0. The number of hydrogen-bond donors (Lipinski definition) is 0. The molecule has 0 amide bonds. The molecule has 0 aliphatic heterocycles. The van der Waals surface area contributed by atoms with Crippen LogP contribution in [0.1, 0.15) is 18.7 Å². The van der Waals surface area contributed by atoms with E-state index in [0.29, 0.717) is 17.6 Å². The number of rotatable bonds is 5. The van der Waals surface area contributed by atoms with Crippen molar-refractivity contribution in [2.75, 3.05) is 0 Å². The molecule has 6 aromatic carbocycles. The number of aromatic nitrogens is 5. The fourth-order valence-electron chi connectivity index (χ4n) is 8.77. The topological polar surface area (TPSA) is 48.5 Å². The van der Waals surface area contributed by atoms with E-state index in [0.717, 1.165) is 46.1 Å². The Hall–Kier alpha value is -6.27. The molecule has 10 rings (SSSR count). The zero-order valence-electron chi connectivity index (χ0n) is 31.9. The third-order valence-electron chi connectivity index (χ3n) is 12.0. The van der Waals surface area contributed by atoms with E-state index >= 15 is 0 Å². The van der Waals surface area contributed by atoms with E-state index < -0.39 is 0 Å². The van der Waals surface area contributed by atoms with Gasteiger partial charge in [0.2, 0.25) is 5.95 Å². The molecular formula is C45H36B5N5. The molecule has 9 aromatic rings. The minimum Gasteiger partial charge on any atom is -0.309 e. The van der Waals surface area contributed by atoms with Crippen LogP contribution < -0.4 is 27.3 Å². The number of hydrogen-bond acceptors (Lipinski definition) is 3. The van der Waals surface area contributed by atoms with Crippen LogP contribution in [0.3, 0.4) is 0 Å². The first-order chi connectivity index (χ1) is 26.9. The summed E-state index contributed by atoms with van der Waals surface area (Å²) in [4.78, 5) is 16.0. The van der Waals surface area contributed by atoms with Crippen molar-refractivity contribution in [1.82, 2.24) is 24.1 Å². The molecule has 10 heteroatoms. The Balaban J connectivity index is 1.31. The van der Waals surface area contributed by atoms with Crippen molar-refractivity contribution in [2.24, 2.45) is 0 Å². The van der Waals surface area contributed by atoms with Crippen LogP contribution in [0.5, 0.6) is 0 Å². The molecule has 0 spiro atoms. The molecule has 0 unspecified atom stereocenters. The third-order valence-corrected chi connectivity index (χ3v) is 12.0. The van der Waals surface area contributed by atoms with Gasteiger partial charge in [-0.2, -0.15) is 9.97 Å². The lowest BCUT2D eigenvalue weighted by Gasteiger charge is -2.20. The standard InChI is InChI=1S/C45H36B5N5/c46-37-36(38(47)40(49)41(50)39(37)48)44-51-43(26-14-5-2-6-15-26)52-45(53-44)55-33-21-10-8-19-31(33)35-34(55)23-22-30-29-18-7-9-20-32(29)54(42(30)35)28-17-11-16-27(24-28)25-12-3-1-4-13-25/h1,3-5,7-24H,2,6,46-50H2. The fourth-order valence-corrected chi connectivity index (χ4v) is 8.77. The summed E-state index contributed by atoms with van der Waals surface area (Å²) < 4.78 is 4.70. The molecule has 3 heterocycles. The molecule has 55 heavy (non-hydrogen) atoms. The van der Waals surface area contributed by atoms with E-state index in [1.807, 2.05) is 0 Å². The molecule has 0 saturated heterocycles. The molecular weight excluding hydrogens is 665 g/mol. The van der Waals surface area contributed by atoms with Gasteiger partial charge in [-0.25, -0.2) is 4.98 Å². The predicted molar refractivity (Wildman–Crippen MR) is 247 cm³/mol. The summed E-state index contributed by atoms with van der Waals surface area (Å²) in [5.74, 6) is 2.03. The number of benzene rings is 6. The number of allylic oxidation sites excluding steroid dienone is 4. The first-order valence-corrected chi connectivity index (χ1v) is 19.2. The van der Waals surface area contributed by atoms with Crippen molar-refractivity contribution < 1.29 is 0 Å². The predicted octanol–water partition coefficient (Wildman–Crippen LogP) is 2.43. The van der Waals surface area contributed by atoms with Crippen molar-refractivity contribution in [1.29, 1.82) is 0 Å². The molecule has 1 aliphatic rings. The summed E-state index contributed by atoms with van der Waals surface area (Å²) in [6.07, 6.45) is 8.62. The first-order valence-electron chi connectivity index (χ1n) is 19.2. The largest absolute Gasteiger partial charge is 0.309 e. The highest BCUT2D eigenvalue weighted by atomic mass is 15.2. The highest BCUT2D eigenvalue weighted by molar-refractivity contribution is 6.68. The minimum atomic E-state index is 0.619. The quantitative estimate of drug-likeness (QED) is 0.260. The van der Waals surface area contributed by atoms with Crippen molar-refractivity contribution in [3.63, 3.8) is 0 Å². The van der Waals surface area contributed by atoms with Gasteiger partial charge in [0.1, 0.15) is 39.2 Å². The van der Waals surface area contributed by atoms with Crippen LogP contribution in [-0.4, -0.2) is 63.3 Å². The lowest BCUT2D eigenvalue weighted by Crippen LogP contribution is -2.55. The lowest BCUT2D eigenvalue weighted by atomic mass is 9.60. The summed E-state index contributed by atoms with van der Waals surface area (Å²) >= 11 is 0. The molecule has 0 radical (unpaired) electrons. The van der Waals surface area contributed by atoms with Gasteiger partial charge in [0.25, 0.3) is 0 Å². The van der Waals surface area contributed by atoms with E-state index in [1.54, 1.807) is 0 Å². The molecule has 0 fully saturated rings. The van der Waals surface area contributed by atoms with Crippen LogP contribution in [0.2, 0.25) is 0 Å². The van der Waals surface area contributed by atoms with Crippen LogP contribution >= 0.6 is 0 Å². The van der Waals surface area contributed by atoms with Crippen molar-refractivity contribution >= 4 is 116 Å². The van der Waals surface area contributed by atoms with Gasteiger partial charge < -0.3 is 4.57 Å². The van der Waals surface area contributed by atoms with Crippen LogP contribution in [-0.2, 0) is 0 Å². The second-order valence-electron chi connectivity index (χ2n) is 14.9. The Morgan fingerprint density at radius 2 is 1.15 bits per heavy atom. The maximum atomic E-state index is 5.41. The Morgan fingerprint density at radius 1 is 0.491 bits per heavy atom. The summed E-state index contributed by atoms with van der Waals surface area (Å²) in [6.45, 7) is 0. The van der Waals surface area contributed by atoms with Crippen LogP contribution in [0.4, 0.5) is 0 Å². The van der Waals surface area contributed by atoms with Crippen molar-refractivity contribution in [3.05, 3.63) is 139 Å². The number of para-hydroxylation sites is 2. The highest BCUT2D eigenvalue weighted by Gasteiger charge is 2.24. The summed E-state index contributed by atoms with van der Waals surface area (Å²) in [5, 5.41) is 4.76. The minimum absolute atomic E-state index is 0.619. The van der Waals surface area contributed by atoms with E-state index in [1.165, 1.54) is 65.6 Å². The smallest absolute Gasteiger partial charge is 0.238 e. The van der Waals surface area contributed by atoms with Crippen molar-refractivity contribution in [2.45, 2.75) is 12.8 Å². The first kappa shape index (κ1) is 33.3. The van der Waals surface area contributed by atoms with Gasteiger partial charge in [-0.15, -0.1) is 16.4 Å². The second kappa shape index (κ2) is 12.9. The zero-order chi connectivity index (χ0) is 37.4. The molecule has 0 atom stereocenters. The fraction of sp³-hybridized carbons (Fsp3) is 0.0444. The number of fused-ring (bicyclic) bond motifs is 7. The van der Waals surface area contributed by atoms with Crippen LogP contribution in [0.15, 0.2) is 133 Å². The SMILES string of the molecule is Bc1c(B)c(B)c(-c2nc(C3=CCCC=C3)nc(-n3c4ccccc4c4c3ccc3c5ccccc5n(-c5cccc(-c6ccccc6)c5)c34)n2)c(B)c1B. The molecule has 0 bridgehead atoms. The summed E-state index contributed by atoms with van der Waals surface area (Å²) in [5.41, 5.74) is 16.4. The van der Waals surface area contributed by atoms with Gasteiger partial charge >= 0.3 is 0 Å². The molecule has 3 aromatic heterocycles. The summed E-state index contributed by atoms with van der Waals surface area (Å²) in [6, 6.07) is 41.5. The monoisotopic (exact) mass is 701 g/mol. The van der Waals surface area contributed by atoms with E-state index in [2.05, 4.69) is 182 Å². The van der Waals surface area contributed by atoms with Gasteiger partial charge in [0.05, 0.1) is 22.1 Å². The third kappa shape index (κ3) is 5.19. The lowest BCUT2D eigenvalue weighted by molar-refractivity contribution is 0.929. The maximum Gasteiger partial charge on any atom is 0.238 e. The zero-order valence-corrected chi connectivity index (χ0v) is 31.9. The van der Waals surface area contributed by atoms with Gasteiger partial charge in [-0.1, -0.05) is 114 Å². The van der Waals surface area contributed by atoms with Crippen LogP contribution in [0.25, 0.3) is 83.3 Å². The van der Waals surface area contributed by atoms with Gasteiger partial charge in [-0.05, 0) is 54.3 Å². The molecule has 5 nitrogen and oxygen atoms in total. The Bertz CT molecular complexity index is 3080.